The smallest absolute Gasteiger partial charge is 0.261 e. The Labute approximate surface area is 173 Å². The molecule has 1 aromatic heterocycles. The average molecular weight is 442 g/mol. The molecule has 1 unspecified atom stereocenters. The van der Waals surface area contributed by atoms with Crippen molar-refractivity contribution in [3.63, 3.8) is 0 Å². The Morgan fingerprint density at radius 2 is 1.82 bits per heavy atom. The van der Waals surface area contributed by atoms with E-state index >= 15 is 0 Å². The number of nitrogens with one attached hydrogen (secondary N) is 1. The molecule has 0 aliphatic rings. The molecule has 0 aliphatic heterocycles. The van der Waals surface area contributed by atoms with E-state index in [0.717, 1.165) is 21.4 Å². The van der Waals surface area contributed by atoms with Crippen molar-refractivity contribution in [3.05, 3.63) is 81.6 Å². The number of ether oxygens (including phenoxy) is 1. The molecule has 0 fully saturated rings. The van der Waals surface area contributed by atoms with Gasteiger partial charge in [0.2, 0.25) is 0 Å². The van der Waals surface area contributed by atoms with Crippen LogP contribution in [0.3, 0.4) is 0 Å². The van der Waals surface area contributed by atoms with E-state index < -0.39 is 6.10 Å². The molecule has 5 nitrogen and oxygen atoms in total. The highest BCUT2D eigenvalue weighted by atomic mass is 79.9. The number of benzene rings is 2. The van der Waals surface area contributed by atoms with E-state index in [1.54, 1.807) is 6.92 Å². The SMILES string of the molecule is Cc1nn(Cc2ccccc2)c(C)c1CNC(=O)C(C)Oc1ccc(Br)cc1. The highest BCUT2D eigenvalue weighted by molar-refractivity contribution is 9.10. The van der Waals surface area contributed by atoms with Crippen molar-refractivity contribution in [2.75, 3.05) is 0 Å². The van der Waals surface area contributed by atoms with E-state index in [4.69, 9.17) is 4.74 Å². The van der Waals surface area contributed by atoms with E-state index in [9.17, 15) is 4.79 Å². The Morgan fingerprint density at radius 3 is 2.50 bits per heavy atom. The van der Waals surface area contributed by atoms with Gasteiger partial charge in [-0.2, -0.15) is 5.10 Å². The Kier molecular flexibility index (Phi) is 6.52. The summed E-state index contributed by atoms with van der Waals surface area (Å²) in [7, 11) is 0. The van der Waals surface area contributed by atoms with Crippen LogP contribution >= 0.6 is 15.9 Å². The van der Waals surface area contributed by atoms with Gasteiger partial charge < -0.3 is 10.1 Å². The van der Waals surface area contributed by atoms with Crippen molar-refractivity contribution in [2.24, 2.45) is 0 Å². The number of carbonyl (C=O) groups is 1. The molecule has 3 aromatic rings. The summed E-state index contributed by atoms with van der Waals surface area (Å²) in [5.74, 6) is 0.506. The first-order chi connectivity index (χ1) is 13.4. The van der Waals surface area contributed by atoms with Crippen molar-refractivity contribution in [2.45, 2.75) is 40.0 Å². The van der Waals surface area contributed by atoms with Crippen LogP contribution in [0, 0.1) is 13.8 Å². The van der Waals surface area contributed by atoms with Gasteiger partial charge in [0.05, 0.1) is 12.2 Å². The van der Waals surface area contributed by atoms with Crippen LogP contribution in [0.1, 0.15) is 29.4 Å². The van der Waals surface area contributed by atoms with E-state index in [1.165, 1.54) is 5.56 Å². The first kappa shape index (κ1) is 20.1. The second kappa shape index (κ2) is 9.06. The molecule has 0 spiro atoms. The Balaban J connectivity index is 1.60. The molecule has 0 radical (unpaired) electrons. The zero-order chi connectivity index (χ0) is 20.1. The fraction of sp³-hybridized carbons (Fsp3) is 0.273. The van der Waals surface area contributed by atoms with Crippen molar-refractivity contribution in [1.29, 1.82) is 0 Å². The zero-order valence-electron chi connectivity index (χ0n) is 16.3. The number of aryl methyl sites for hydroxylation is 1. The lowest BCUT2D eigenvalue weighted by Crippen LogP contribution is -2.36. The molecule has 1 atom stereocenters. The number of hydrogen-bond donors (Lipinski definition) is 1. The molecule has 28 heavy (non-hydrogen) atoms. The Bertz CT molecular complexity index is 936. The minimum absolute atomic E-state index is 0.155. The fourth-order valence-electron chi connectivity index (χ4n) is 2.99. The van der Waals surface area contributed by atoms with Gasteiger partial charge in [-0.3, -0.25) is 9.48 Å². The van der Waals surface area contributed by atoms with Gasteiger partial charge in [0.1, 0.15) is 5.75 Å². The highest BCUT2D eigenvalue weighted by Crippen LogP contribution is 2.18. The summed E-state index contributed by atoms with van der Waals surface area (Å²) in [6.07, 6.45) is -0.582. The monoisotopic (exact) mass is 441 g/mol. The normalized spacial score (nSPS) is 11.9. The van der Waals surface area contributed by atoms with Gasteiger partial charge in [-0.25, -0.2) is 0 Å². The largest absolute Gasteiger partial charge is 0.481 e. The minimum atomic E-state index is -0.582. The highest BCUT2D eigenvalue weighted by Gasteiger charge is 2.17. The molecule has 0 bridgehead atoms. The number of aromatic nitrogens is 2. The minimum Gasteiger partial charge on any atom is -0.481 e. The Hall–Kier alpha value is -2.60. The number of halogens is 1. The van der Waals surface area contributed by atoms with E-state index in [1.807, 2.05) is 61.0 Å². The lowest BCUT2D eigenvalue weighted by molar-refractivity contribution is -0.127. The first-order valence-corrected chi connectivity index (χ1v) is 10.00. The summed E-state index contributed by atoms with van der Waals surface area (Å²) in [5, 5.41) is 7.60. The van der Waals surface area contributed by atoms with Gasteiger partial charge in [-0.15, -0.1) is 0 Å². The summed E-state index contributed by atoms with van der Waals surface area (Å²) >= 11 is 3.38. The zero-order valence-corrected chi connectivity index (χ0v) is 17.9. The lowest BCUT2D eigenvalue weighted by Gasteiger charge is -2.15. The third-order valence-electron chi connectivity index (χ3n) is 4.64. The molecular formula is C22H24BrN3O2. The molecule has 1 N–H and O–H groups in total. The summed E-state index contributed by atoms with van der Waals surface area (Å²) in [6, 6.07) is 17.6. The van der Waals surface area contributed by atoms with Crippen LogP contribution in [-0.4, -0.2) is 21.8 Å². The third-order valence-corrected chi connectivity index (χ3v) is 5.17. The van der Waals surface area contributed by atoms with E-state index in [2.05, 4.69) is 38.5 Å². The maximum absolute atomic E-state index is 12.4. The van der Waals surface area contributed by atoms with Gasteiger partial charge in [-0.05, 0) is 50.6 Å². The predicted octanol–water partition coefficient (Wildman–Crippen LogP) is 4.39. The number of nitrogens with zero attached hydrogens (tertiary/aromatic N) is 2. The maximum Gasteiger partial charge on any atom is 0.261 e. The summed E-state index contributed by atoms with van der Waals surface area (Å²) in [5.41, 5.74) is 4.22. The van der Waals surface area contributed by atoms with E-state index in [-0.39, 0.29) is 5.91 Å². The topological polar surface area (TPSA) is 56.2 Å². The molecule has 6 heteroatoms. The van der Waals surface area contributed by atoms with Gasteiger partial charge >= 0.3 is 0 Å². The van der Waals surface area contributed by atoms with Crippen LogP contribution in [0.15, 0.2) is 59.1 Å². The summed E-state index contributed by atoms with van der Waals surface area (Å²) in [4.78, 5) is 12.4. The summed E-state index contributed by atoms with van der Waals surface area (Å²) < 4.78 is 8.66. The molecule has 0 saturated heterocycles. The van der Waals surface area contributed by atoms with Crippen molar-refractivity contribution < 1.29 is 9.53 Å². The van der Waals surface area contributed by atoms with Gasteiger partial charge in [-0.1, -0.05) is 46.3 Å². The number of hydrogen-bond acceptors (Lipinski definition) is 3. The fourth-order valence-corrected chi connectivity index (χ4v) is 3.25. The Morgan fingerprint density at radius 1 is 1.14 bits per heavy atom. The van der Waals surface area contributed by atoms with Gasteiger partial charge in [0.25, 0.3) is 5.91 Å². The van der Waals surface area contributed by atoms with Crippen LogP contribution in [0.2, 0.25) is 0 Å². The van der Waals surface area contributed by atoms with Crippen LogP contribution in [0.5, 0.6) is 5.75 Å². The van der Waals surface area contributed by atoms with Gasteiger partial charge in [0.15, 0.2) is 6.10 Å². The molecule has 0 aliphatic carbocycles. The molecular weight excluding hydrogens is 418 g/mol. The van der Waals surface area contributed by atoms with Crippen molar-refractivity contribution in [1.82, 2.24) is 15.1 Å². The van der Waals surface area contributed by atoms with Crippen molar-refractivity contribution in [3.8, 4) is 5.75 Å². The maximum atomic E-state index is 12.4. The first-order valence-electron chi connectivity index (χ1n) is 9.21. The van der Waals surface area contributed by atoms with Gasteiger partial charge in [0, 0.05) is 22.3 Å². The molecule has 0 saturated carbocycles. The average Bonchev–Trinajstić information content (AvgIpc) is 2.95. The van der Waals surface area contributed by atoms with Crippen LogP contribution in [0.25, 0.3) is 0 Å². The number of carbonyl (C=O) groups excluding carboxylic acids is 1. The van der Waals surface area contributed by atoms with E-state index in [0.29, 0.717) is 18.8 Å². The lowest BCUT2D eigenvalue weighted by atomic mass is 10.2. The second-order valence-corrected chi connectivity index (χ2v) is 7.64. The third kappa shape index (κ3) is 5.01. The second-order valence-electron chi connectivity index (χ2n) is 6.72. The van der Waals surface area contributed by atoms with Crippen molar-refractivity contribution >= 4 is 21.8 Å². The molecule has 1 amide bonds. The predicted molar refractivity (Wildman–Crippen MR) is 113 cm³/mol. The standard InChI is InChI=1S/C22H24BrN3O2/c1-15-21(16(2)26(25-15)14-18-7-5-4-6-8-18)13-24-22(27)17(3)28-20-11-9-19(23)10-12-20/h4-12,17H,13-14H2,1-3H3,(H,24,27). The molecule has 1 heterocycles. The summed E-state index contributed by atoms with van der Waals surface area (Å²) in [6.45, 7) is 6.89. The number of rotatable bonds is 7. The quantitative estimate of drug-likeness (QED) is 0.591. The molecule has 2 aromatic carbocycles. The van der Waals surface area contributed by atoms with Crippen LogP contribution in [-0.2, 0) is 17.9 Å². The van der Waals surface area contributed by atoms with Crippen LogP contribution in [0.4, 0.5) is 0 Å². The number of amides is 1. The molecule has 146 valence electrons. The van der Waals surface area contributed by atoms with Crippen LogP contribution < -0.4 is 10.1 Å². The molecule has 3 rings (SSSR count).